The van der Waals surface area contributed by atoms with Gasteiger partial charge in [0, 0.05) is 18.1 Å². The van der Waals surface area contributed by atoms with E-state index in [1.165, 1.54) is 19.0 Å². The first-order chi connectivity index (χ1) is 18.3. The maximum atomic E-state index is 14.4. The number of nitrogens with one attached hydrogen (secondary N) is 1. The SMILES string of the molecule is CC[C@H]1O[C@@H](C2C=Nc3c2nc[nH]c3=O)[C@H](F)[C@@H]1C.CC[C@H]1O[C@@H](n2cnc3c(Cl)ncnc32)[C@H](F)[C@@H]1C. The largest absolute Gasteiger partial charge is 0.370 e. The summed E-state index contributed by atoms with van der Waals surface area (Å²) in [7, 11) is 0. The maximum absolute atomic E-state index is 14.4. The molecule has 3 aliphatic rings. The third kappa shape index (κ3) is 4.52. The van der Waals surface area contributed by atoms with Crippen LogP contribution in [0.15, 0.2) is 28.8 Å². The van der Waals surface area contributed by atoms with Gasteiger partial charge in [0.25, 0.3) is 5.56 Å². The number of alkyl halides is 2. The molecule has 2 saturated heterocycles. The normalized spacial score (nSPS) is 33.9. The summed E-state index contributed by atoms with van der Waals surface area (Å²) in [4.78, 5) is 34.4. The van der Waals surface area contributed by atoms with Gasteiger partial charge in [0.05, 0.1) is 36.5 Å². The van der Waals surface area contributed by atoms with E-state index in [2.05, 4.69) is 29.9 Å². The number of fused-ring (bicyclic) bond motifs is 2. The first-order valence-electron chi connectivity index (χ1n) is 12.8. The molecule has 1 N–H and O–H groups in total. The van der Waals surface area contributed by atoms with Crippen LogP contribution in [0.4, 0.5) is 14.5 Å². The van der Waals surface area contributed by atoms with Crippen molar-refractivity contribution >= 4 is 34.7 Å². The van der Waals surface area contributed by atoms with E-state index in [1.54, 1.807) is 10.8 Å². The highest BCUT2D eigenvalue weighted by Gasteiger charge is 2.47. The minimum absolute atomic E-state index is 0.0838. The van der Waals surface area contributed by atoms with Gasteiger partial charge in [-0.3, -0.25) is 14.4 Å². The molecule has 0 aromatic carbocycles. The van der Waals surface area contributed by atoms with E-state index in [9.17, 15) is 13.6 Å². The van der Waals surface area contributed by atoms with E-state index in [-0.39, 0.29) is 46.4 Å². The van der Waals surface area contributed by atoms with Gasteiger partial charge >= 0.3 is 0 Å². The molecule has 10 nitrogen and oxygen atoms in total. The average molecular weight is 550 g/mol. The first-order valence-corrected chi connectivity index (χ1v) is 13.2. The third-order valence-electron chi connectivity index (χ3n) is 7.69. The molecule has 0 spiro atoms. The van der Waals surface area contributed by atoms with E-state index >= 15 is 0 Å². The van der Waals surface area contributed by atoms with Crippen LogP contribution in [0.3, 0.4) is 0 Å². The van der Waals surface area contributed by atoms with Gasteiger partial charge in [-0.2, -0.15) is 0 Å². The number of hydrogen-bond acceptors (Lipinski definition) is 8. The van der Waals surface area contributed by atoms with Gasteiger partial charge in [0.15, 0.2) is 23.2 Å². The second-order valence-electron chi connectivity index (χ2n) is 9.89. The van der Waals surface area contributed by atoms with Crippen molar-refractivity contribution in [1.29, 1.82) is 0 Å². The molecule has 6 heterocycles. The van der Waals surface area contributed by atoms with Crippen molar-refractivity contribution in [1.82, 2.24) is 29.5 Å². The Morgan fingerprint density at radius 1 is 1.03 bits per heavy atom. The summed E-state index contributed by atoms with van der Waals surface area (Å²) in [5.74, 6) is -0.662. The zero-order valence-electron chi connectivity index (χ0n) is 21.5. The van der Waals surface area contributed by atoms with E-state index in [0.717, 1.165) is 12.8 Å². The molecule has 0 radical (unpaired) electrons. The zero-order valence-corrected chi connectivity index (χ0v) is 22.2. The van der Waals surface area contributed by atoms with Crippen LogP contribution >= 0.6 is 11.6 Å². The molecular weight excluding hydrogens is 520 g/mol. The Hall–Kier alpha value is -2.83. The molecular formula is C25H30ClF2N7O3. The van der Waals surface area contributed by atoms with Gasteiger partial charge in [0.1, 0.15) is 29.8 Å². The lowest BCUT2D eigenvalue weighted by Gasteiger charge is -2.18. The standard InChI is InChI=1S/C13H16FN3O2.C12H14ClFN4O/c1-3-8-6(2)9(14)12(19-8)7-4-15-11-10(7)16-5-17-13(11)18;1-3-7-6(2)8(14)12(19-7)18-5-17-9-10(13)15-4-16-11(9)18/h4-9,12H,3H2,1-2H3,(H,16,17,18);4-8,12H,3H2,1-2H3/t6-,7?,8-,9-,12+;6-,7-,8-,12-/m11/s1. The molecule has 13 heteroatoms. The highest BCUT2D eigenvalue weighted by Crippen LogP contribution is 2.41. The fraction of sp³-hybridized carbons (Fsp3) is 0.600. The fourth-order valence-electron chi connectivity index (χ4n) is 5.44. The van der Waals surface area contributed by atoms with E-state index in [4.69, 9.17) is 21.1 Å². The Kier molecular flexibility index (Phi) is 7.56. The van der Waals surface area contributed by atoms with Gasteiger partial charge in [-0.15, -0.1) is 0 Å². The molecule has 2 fully saturated rings. The summed E-state index contributed by atoms with van der Waals surface area (Å²) in [5.41, 5.74) is 1.46. The van der Waals surface area contributed by atoms with Crippen molar-refractivity contribution in [3.63, 3.8) is 0 Å². The number of hydrogen-bond donors (Lipinski definition) is 1. The Bertz CT molecular complexity index is 1380. The number of halogens is 3. The van der Waals surface area contributed by atoms with Crippen molar-refractivity contribution < 1.29 is 18.3 Å². The van der Waals surface area contributed by atoms with Gasteiger partial charge in [-0.05, 0) is 12.8 Å². The topological polar surface area (TPSA) is 120 Å². The number of ether oxygens (including phenoxy) is 2. The summed E-state index contributed by atoms with van der Waals surface area (Å²) in [6.07, 6.45) is 3.69. The monoisotopic (exact) mass is 549 g/mol. The predicted molar refractivity (Wildman–Crippen MR) is 137 cm³/mol. The van der Waals surface area contributed by atoms with E-state index in [0.29, 0.717) is 16.9 Å². The molecule has 3 aromatic heterocycles. The van der Waals surface area contributed by atoms with E-state index < -0.39 is 24.7 Å². The Morgan fingerprint density at radius 2 is 1.74 bits per heavy atom. The smallest absolute Gasteiger partial charge is 0.276 e. The van der Waals surface area contributed by atoms with Crippen LogP contribution in [0.1, 0.15) is 58.4 Å². The molecule has 3 aromatic rings. The van der Waals surface area contributed by atoms with Crippen molar-refractivity contribution in [2.24, 2.45) is 16.8 Å². The zero-order chi connectivity index (χ0) is 27.1. The van der Waals surface area contributed by atoms with Crippen LogP contribution < -0.4 is 5.56 Å². The second-order valence-corrected chi connectivity index (χ2v) is 10.2. The molecule has 0 aliphatic carbocycles. The Morgan fingerprint density at radius 3 is 2.42 bits per heavy atom. The van der Waals surface area contributed by atoms with Crippen LogP contribution in [-0.4, -0.2) is 66.4 Å². The van der Waals surface area contributed by atoms with Gasteiger partial charge in [0.2, 0.25) is 0 Å². The Labute approximate surface area is 222 Å². The van der Waals surface area contributed by atoms with E-state index in [1.807, 2.05) is 27.7 Å². The number of nitrogens with zero attached hydrogens (tertiary/aromatic N) is 6. The summed E-state index contributed by atoms with van der Waals surface area (Å²) in [5, 5.41) is 0.261. The van der Waals surface area contributed by atoms with Crippen LogP contribution in [0, 0.1) is 11.8 Å². The van der Waals surface area contributed by atoms with Crippen LogP contribution in [0.25, 0.3) is 11.2 Å². The molecule has 0 amide bonds. The second kappa shape index (κ2) is 10.7. The Balaban J connectivity index is 0.000000155. The molecule has 38 heavy (non-hydrogen) atoms. The molecule has 6 rings (SSSR count). The summed E-state index contributed by atoms with van der Waals surface area (Å²) in [6.45, 7) is 7.69. The van der Waals surface area contributed by atoms with Crippen molar-refractivity contribution in [2.45, 2.75) is 83.3 Å². The number of imidazole rings is 1. The van der Waals surface area contributed by atoms with Crippen molar-refractivity contribution in [3.8, 4) is 0 Å². The summed E-state index contributed by atoms with van der Waals surface area (Å²) < 4.78 is 41.9. The predicted octanol–water partition coefficient (Wildman–Crippen LogP) is 4.48. The molecule has 3 aliphatic heterocycles. The van der Waals surface area contributed by atoms with Crippen LogP contribution in [0.5, 0.6) is 0 Å². The lowest BCUT2D eigenvalue weighted by Crippen LogP contribution is -2.28. The lowest BCUT2D eigenvalue weighted by atomic mass is 9.91. The van der Waals surface area contributed by atoms with Crippen molar-refractivity contribution in [2.75, 3.05) is 0 Å². The van der Waals surface area contributed by atoms with Crippen molar-refractivity contribution in [3.05, 3.63) is 40.2 Å². The minimum Gasteiger partial charge on any atom is -0.370 e. The number of rotatable bonds is 4. The third-order valence-corrected chi connectivity index (χ3v) is 7.97. The first kappa shape index (κ1) is 26.8. The molecule has 1 unspecified atom stereocenters. The number of H-pyrrole nitrogens is 1. The minimum atomic E-state index is -1.09. The summed E-state index contributed by atoms with van der Waals surface area (Å²) >= 11 is 5.94. The molecule has 204 valence electrons. The number of aliphatic imine (C=N–C) groups is 1. The fourth-order valence-corrected chi connectivity index (χ4v) is 5.61. The maximum Gasteiger partial charge on any atom is 0.276 e. The van der Waals surface area contributed by atoms with Crippen LogP contribution in [-0.2, 0) is 9.47 Å². The molecule has 9 atom stereocenters. The molecule has 0 saturated carbocycles. The van der Waals surface area contributed by atoms with Gasteiger partial charge < -0.3 is 14.5 Å². The lowest BCUT2D eigenvalue weighted by molar-refractivity contribution is -0.0186. The molecule has 0 bridgehead atoms. The summed E-state index contributed by atoms with van der Waals surface area (Å²) in [6, 6.07) is 0. The number of aromatic nitrogens is 6. The highest BCUT2D eigenvalue weighted by molar-refractivity contribution is 6.33. The average Bonchev–Trinajstić information content (AvgIpc) is 3.67. The van der Waals surface area contributed by atoms with Gasteiger partial charge in [-0.25, -0.2) is 28.7 Å². The highest BCUT2D eigenvalue weighted by atomic mass is 35.5. The quantitative estimate of drug-likeness (QED) is 0.476. The van der Waals surface area contributed by atoms with Crippen LogP contribution in [0.2, 0.25) is 5.15 Å². The number of aromatic amines is 1. The van der Waals surface area contributed by atoms with Gasteiger partial charge in [-0.1, -0.05) is 39.3 Å².